The second kappa shape index (κ2) is 9.70. The molecular weight excluding hydrogens is 442 g/mol. The number of aliphatic imine (C=N–C) groups is 1. The highest BCUT2D eigenvalue weighted by Gasteiger charge is 2.25. The molecule has 0 fully saturated rings. The first-order valence-electron chi connectivity index (χ1n) is 10.7. The predicted octanol–water partition coefficient (Wildman–Crippen LogP) is 6.87. The Morgan fingerprint density at radius 1 is 0.829 bits per heavy atom. The second-order valence-corrected chi connectivity index (χ2v) is 7.44. The molecule has 3 aromatic heterocycles. The summed E-state index contributed by atoms with van der Waals surface area (Å²) in [5.41, 5.74) is 2.93. The zero-order valence-corrected chi connectivity index (χ0v) is 18.3. The molecule has 0 saturated carbocycles. The molecule has 2 aromatic carbocycles. The van der Waals surface area contributed by atoms with Crippen molar-refractivity contribution in [3.05, 3.63) is 108 Å². The minimum Gasteiger partial charge on any atom is -0.489 e. The van der Waals surface area contributed by atoms with Gasteiger partial charge >= 0.3 is 0 Å². The van der Waals surface area contributed by atoms with Crippen LogP contribution in [-0.4, -0.2) is 6.21 Å². The fourth-order valence-corrected chi connectivity index (χ4v) is 3.55. The molecule has 168 valence electrons. The number of furan rings is 3. The van der Waals surface area contributed by atoms with Crippen molar-refractivity contribution in [2.45, 2.75) is 6.61 Å². The van der Waals surface area contributed by atoms with Gasteiger partial charge in [-0.1, -0.05) is 18.2 Å². The fraction of sp³-hybridized carbons (Fsp3) is 0.0357. The number of rotatable bonds is 7. The van der Waals surface area contributed by atoms with Gasteiger partial charge in [0.2, 0.25) is 5.88 Å². The van der Waals surface area contributed by atoms with Gasteiger partial charge in [0.25, 0.3) is 0 Å². The molecule has 7 nitrogen and oxygen atoms in total. The van der Waals surface area contributed by atoms with Crippen molar-refractivity contribution in [3.63, 3.8) is 0 Å². The first-order chi connectivity index (χ1) is 17.3. The van der Waals surface area contributed by atoms with Gasteiger partial charge in [-0.2, -0.15) is 10.5 Å². The van der Waals surface area contributed by atoms with E-state index in [2.05, 4.69) is 17.1 Å². The van der Waals surface area contributed by atoms with Crippen LogP contribution in [-0.2, 0) is 6.61 Å². The Labute approximate surface area is 200 Å². The minimum atomic E-state index is 0.152. The van der Waals surface area contributed by atoms with Gasteiger partial charge in [-0.05, 0) is 60.2 Å². The van der Waals surface area contributed by atoms with Crippen LogP contribution >= 0.6 is 0 Å². The molecule has 0 aliphatic carbocycles. The van der Waals surface area contributed by atoms with E-state index in [0.717, 1.165) is 11.1 Å². The maximum atomic E-state index is 9.84. The first kappa shape index (κ1) is 21.6. The maximum Gasteiger partial charge on any atom is 0.238 e. The highest BCUT2D eigenvalue weighted by Crippen LogP contribution is 2.42. The van der Waals surface area contributed by atoms with E-state index in [-0.39, 0.29) is 11.4 Å². The van der Waals surface area contributed by atoms with Crippen molar-refractivity contribution in [1.82, 2.24) is 0 Å². The minimum absolute atomic E-state index is 0.152. The van der Waals surface area contributed by atoms with E-state index in [9.17, 15) is 10.5 Å². The van der Waals surface area contributed by atoms with Gasteiger partial charge < -0.3 is 18.0 Å². The Morgan fingerprint density at radius 2 is 1.57 bits per heavy atom. The second-order valence-electron chi connectivity index (χ2n) is 7.44. The summed E-state index contributed by atoms with van der Waals surface area (Å²) in [4.78, 5) is 4.42. The smallest absolute Gasteiger partial charge is 0.238 e. The number of nitriles is 2. The number of benzene rings is 2. The predicted molar refractivity (Wildman–Crippen MR) is 128 cm³/mol. The van der Waals surface area contributed by atoms with E-state index in [4.69, 9.17) is 18.0 Å². The summed E-state index contributed by atoms with van der Waals surface area (Å²) in [5.74, 6) is 2.13. The molecular formula is C28H17N3O4. The molecule has 0 bridgehead atoms. The lowest BCUT2D eigenvalue weighted by molar-refractivity contribution is 0.306. The van der Waals surface area contributed by atoms with E-state index in [0.29, 0.717) is 40.8 Å². The van der Waals surface area contributed by atoms with Crippen LogP contribution in [0.4, 0.5) is 5.88 Å². The molecule has 0 saturated heterocycles. The number of hydrogen-bond acceptors (Lipinski definition) is 7. The van der Waals surface area contributed by atoms with Gasteiger partial charge in [-0.25, -0.2) is 4.99 Å². The summed E-state index contributed by atoms with van der Waals surface area (Å²) >= 11 is 0. The molecule has 0 aliphatic heterocycles. The van der Waals surface area contributed by atoms with Crippen LogP contribution in [0.15, 0.2) is 104 Å². The quantitative estimate of drug-likeness (QED) is 0.246. The van der Waals surface area contributed by atoms with E-state index < -0.39 is 0 Å². The molecule has 0 atom stereocenters. The summed E-state index contributed by atoms with van der Waals surface area (Å²) < 4.78 is 22.8. The third-order valence-corrected chi connectivity index (χ3v) is 5.26. The lowest BCUT2D eigenvalue weighted by atomic mass is 10.1. The largest absolute Gasteiger partial charge is 0.489 e. The average Bonchev–Trinajstić information content (AvgIpc) is 3.67. The molecule has 0 spiro atoms. The molecule has 5 rings (SSSR count). The van der Waals surface area contributed by atoms with Crippen LogP contribution in [0.3, 0.4) is 0 Å². The first-order valence-corrected chi connectivity index (χ1v) is 10.7. The van der Waals surface area contributed by atoms with Crippen LogP contribution in [0.5, 0.6) is 5.75 Å². The van der Waals surface area contributed by atoms with Crippen LogP contribution in [0.1, 0.15) is 22.3 Å². The van der Waals surface area contributed by atoms with Crippen molar-refractivity contribution in [3.8, 4) is 40.7 Å². The Balaban J connectivity index is 1.38. The Hall–Kier alpha value is -5.27. The summed E-state index contributed by atoms with van der Waals surface area (Å²) in [6.07, 6.45) is 4.66. The van der Waals surface area contributed by atoms with Crippen molar-refractivity contribution >= 4 is 12.1 Å². The third kappa shape index (κ3) is 4.47. The van der Waals surface area contributed by atoms with Gasteiger partial charge in [0, 0.05) is 11.8 Å². The summed E-state index contributed by atoms with van der Waals surface area (Å²) in [5, 5.41) is 19.1. The molecule has 5 aromatic rings. The van der Waals surface area contributed by atoms with E-state index >= 15 is 0 Å². The summed E-state index contributed by atoms with van der Waals surface area (Å²) in [7, 11) is 0. The SMILES string of the molecule is N#Cc1ccccc1COc1ccc(C=Nc2oc(-c3ccco3)c(-c3ccco3)c2C#N)cc1. The zero-order chi connectivity index (χ0) is 24.0. The van der Waals surface area contributed by atoms with Gasteiger partial charge in [0.15, 0.2) is 11.5 Å². The van der Waals surface area contributed by atoms with Crippen LogP contribution in [0.25, 0.3) is 22.8 Å². The molecule has 7 heteroatoms. The van der Waals surface area contributed by atoms with Crippen LogP contribution in [0.2, 0.25) is 0 Å². The number of hydrogen-bond donors (Lipinski definition) is 0. The molecule has 3 heterocycles. The Morgan fingerprint density at radius 3 is 2.26 bits per heavy atom. The Bertz CT molecular complexity index is 1550. The van der Waals surface area contributed by atoms with Crippen molar-refractivity contribution < 1.29 is 18.0 Å². The van der Waals surface area contributed by atoms with Crippen LogP contribution in [0, 0.1) is 22.7 Å². The van der Waals surface area contributed by atoms with Crippen molar-refractivity contribution in [2.24, 2.45) is 4.99 Å². The van der Waals surface area contributed by atoms with Gasteiger partial charge in [-0.15, -0.1) is 0 Å². The highest BCUT2D eigenvalue weighted by atomic mass is 16.5. The maximum absolute atomic E-state index is 9.84. The highest BCUT2D eigenvalue weighted by molar-refractivity contribution is 5.87. The van der Waals surface area contributed by atoms with E-state index in [1.165, 1.54) is 12.5 Å². The average molecular weight is 459 g/mol. The topological polar surface area (TPSA) is 109 Å². The zero-order valence-electron chi connectivity index (χ0n) is 18.3. The van der Waals surface area contributed by atoms with Gasteiger partial charge in [0.1, 0.15) is 29.7 Å². The molecule has 35 heavy (non-hydrogen) atoms. The number of nitrogens with zero attached hydrogens (tertiary/aromatic N) is 3. The number of ether oxygens (including phenoxy) is 1. The normalized spacial score (nSPS) is 10.8. The third-order valence-electron chi connectivity index (χ3n) is 5.26. The monoisotopic (exact) mass is 459 g/mol. The van der Waals surface area contributed by atoms with Gasteiger partial charge in [0.05, 0.1) is 29.7 Å². The van der Waals surface area contributed by atoms with E-state index in [1.54, 1.807) is 36.5 Å². The molecule has 0 unspecified atom stereocenters. The molecule has 0 radical (unpaired) electrons. The Kier molecular flexibility index (Phi) is 5.98. The van der Waals surface area contributed by atoms with Gasteiger partial charge in [-0.3, -0.25) is 0 Å². The van der Waals surface area contributed by atoms with Crippen molar-refractivity contribution in [2.75, 3.05) is 0 Å². The lowest BCUT2D eigenvalue weighted by Crippen LogP contribution is -1.98. The van der Waals surface area contributed by atoms with Crippen molar-refractivity contribution in [1.29, 1.82) is 10.5 Å². The lowest BCUT2D eigenvalue weighted by Gasteiger charge is -2.07. The summed E-state index contributed by atoms with van der Waals surface area (Å²) in [6.45, 7) is 0.292. The van der Waals surface area contributed by atoms with E-state index in [1.807, 2.05) is 42.5 Å². The molecule has 0 amide bonds. The standard InChI is InChI=1S/C28H17N3O4/c29-15-20-5-1-2-6-21(20)18-34-22-11-9-19(10-12-22)17-31-28-23(16-30)26(24-7-3-13-32-24)27(35-28)25-8-4-14-33-25/h1-14,17H,18H2. The molecule has 0 aliphatic rings. The van der Waals surface area contributed by atoms with Crippen LogP contribution < -0.4 is 4.74 Å². The fourth-order valence-electron chi connectivity index (χ4n) is 3.55. The summed E-state index contributed by atoms with van der Waals surface area (Å²) in [6, 6.07) is 25.9. The molecule has 0 N–H and O–H groups in total.